The van der Waals surface area contributed by atoms with Gasteiger partial charge in [0.1, 0.15) is 23.2 Å². The zero-order valence-electron chi connectivity index (χ0n) is 23.1. The Morgan fingerprint density at radius 2 is 1.90 bits per heavy atom. The molecular weight excluding hydrogens is 543 g/mol. The Bertz CT molecular complexity index is 1570. The second kappa shape index (κ2) is 12.0. The highest BCUT2D eigenvalue weighted by molar-refractivity contribution is 5.78. The van der Waals surface area contributed by atoms with E-state index in [1.807, 2.05) is 35.2 Å². The van der Waals surface area contributed by atoms with E-state index >= 15 is 0 Å². The number of para-hydroxylation sites is 2. The number of nitrogens with one attached hydrogen (secondary N) is 2. The van der Waals surface area contributed by atoms with Gasteiger partial charge in [0.2, 0.25) is 5.91 Å². The van der Waals surface area contributed by atoms with Gasteiger partial charge in [-0.1, -0.05) is 18.2 Å². The molecule has 2 atom stereocenters. The molecule has 3 aromatic carbocycles. The van der Waals surface area contributed by atoms with Gasteiger partial charge in [-0.25, -0.2) is 4.39 Å². The molecule has 0 unspecified atom stereocenters. The minimum Gasteiger partial charge on any atom is -0.493 e. The van der Waals surface area contributed by atoms with Crippen molar-refractivity contribution in [2.75, 3.05) is 31.7 Å². The van der Waals surface area contributed by atoms with Gasteiger partial charge in [-0.05, 0) is 53.9 Å². The van der Waals surface area contributed by atoms with Crippen molar-refractivity contribution >= 4 is 28.9 Å². The number of carbonyl (C=O) groups excluding carboxylic acids is 2. The van der Waals surface area contributed by atoms with Crippen LogP contribution >= 0.6 is 0 Å². The summed E-state index contributed by atoms with van der Waals surface area (Å²) < 4.78 is 38.1. The van der Waals surface area contributed by atoms with Crippen molar-refractivity contribution in [3.8, 4) is 17.2 Å². The number of benzene rings is 3. The van der Waals surface area contributed by atoms with Gasteiger partial charge < -0.3 is 34.2 Å². The topological polar surface area (TPSA) is 115 Å². The van der Waals surface area contributed by atoms with Gasteiger partial charge in [-0.15, -0.1) is 0 Å². The second-order valence-corrected chi connectivity index (χ2v) is 10.4. The minimum absolute atomic E-state index is 0.153. The molecule has 218 valence electrons. The van der Waals surface area contributed by atoms with E-state index in [1.54, 1.807) is 18.2 Å². The fourth-order valence-electron chi connectivity index (χ4n) is 5.27. The number of aryl methyl sites for hydroxylation is 1. The molecule has 0 spiro atoms. The van der Waals surface area contributed by atoms with Gasteiger partial charge in [0, 0.05) is 38.5 Å². The van der Waals surface area contributed by atoms with E-state index < -0.39 is 18.0 Å². The number of rotatable bonds is 2. The van der Waals surface area contributed by atoms with E-state index in [4.69, 9.17) is 18.6 Å². The second-order valence-electron chi connectivity index (χ2n) is 10.4. The Hall–Kier alpha value is -4.80. The molecule has 0 saturated carbocycles. The predicted molar refractivity (Wildman–Crippen MR) is 152 cm³/mol. The number of halogens is 1. The Morgan fingerprint density at radius 1 is 1.02 bits per heavy atom. The van der Waals surface area contributed by atoms with Crippen molar-refractivity contribution in [3.63, 3.8) is 0 Å². The first-order chi connectivity index (χ1) is 20.4. The molecule has 2 aliphatic heterocycles. The molecule has 1 saturated heterocycles. The summed E-state index contributed by atoms with van der Waals surface area (Å²) in [4.78, 5) is 32.3. The molecule has 11 heteroatoms. The van der Waals surface area contributed by atoms with Crippen LogP contribution in [0, 0.1) is 5.82 Å². The van der Waals surface area contributed by atoms with E-state index in [1.165, 1.54) is 19.2 Å². The number of piperidine rings is 1. The summed E-state index contributed by atoms with van der Waals surface area (Å²) in [6, 6.07) is 17.2. The predicted octanol–water partition coefficient (Wildman–Crippen LogP) is 3.76. The molecule has 2 amide bonds. The molecular formula is C31H31FN4O6. The molecule has 10 nitrogen and oxygen atoms in total. The van der Waals surface area contributed by atoms with Crippen LogP contribution in [0.15, 0.2) is 65.1 Å². The fraction of sp³-hybridized carbons (Fsp3) is 0.323. The number of amides is 2. The van der Waals surface area contributed by atoms with Gasteiger partial charge in [0.05, 0.1) is 13.2 Å². The lowest BCUT2D eigenvalue weighted by atomic mass is 10.0. The monoisotopic (exact) mass is 574 g/mol. The van der Waals surface area contributed by atoms with Gasteiger partial charge in [-0.3, -0.25) is 9.59 Å². The maximum atomic E-state index is 14.6. The fourth-order valence-corrected chi connectivity index (χ4v) is 5.27. The number of methoxy groups -OCH3 is 1. The van der Waals surface area contributed by atoms with Crippen molar-refractivity contribution < 1.29 is 32.6 Å². The van der Waals surface area contributed by atoms with Crippen molar-refractivity contribution in [2.45, 2.75) is 38.0 Å². The summed E-state index contributed by atoms with van der Waals surface area (Å²) in [6.45, 7) is 0.777. The third-order valence-electron chi connectivity index (χ3n) is 7.38. The Balaban J connectivity index is 1.28. The average Bonchev–Trinajstić information content (AvgIpc) is 3.43. The van der Waals surface area contributed by atoms with Crippen molar-refractivity contribution in [2.24, 2.45) is 0 Å². The zero-order valence-corrected chi connectivity index (χ0v) is 23.1. The normalized spacial score (nSPS) is 19.8. The lowest BCUT2D eigenvalue weighted by Crippen LogP contribution is -2.57. The van der Waals surface area contributed by atoms with Crippen LogP contribution in [-0.4, -0.2) is 55.8 Å². The molecule has 6 rings (SSSR count). The molecule has 42 heavy (non-hydrogen) atoms. The first-order valence-corrected chi connectivity index (χ1v) is 13.9. The maximum Gasteiger partial charge on any atom is 0.298 e. The van der Waals surface area contributed by atoms with Crippen LogP contribution in [0.3, 0.4) is 0 Å². The lowest BCUT2D eigenvalue weighted by Gasteiger charge is -2.38. The Morgan fingerprint density at radius 3 is 2.76 bits per heavy atom. The molecule has 4 aromatic rings. The zero-order chi connectivity index (χ0) is 29.1. The highest BCUT2D eigenvalue weighted by Crippen LogP contribution is 2.30. The summed E-state index contributed by atoms with van der Waals surface area (Å²) in [5, 5.41) is 5.89. The molecule has 3 heterocycles. The van der Waals surface area contributed by atoms with Crippen molar-refractivity contribution in [1.29, 1.82) is 0 Å². The van der Waals surface area contributed by atoms with Crippen LogP contribution in [0.5, 0.6) is 17.2 Å². The summed E-state index contributed by atoms with van der Waals surface area (Å²) in [6.07, 6.45) is 0.704. The van der Waals surface area contributed by atoms with Crippen LogP contribution in [0.1, 0.15) is 24.0 Å². The Labute approximate surface area is 241 Å². The number of nitrogens with zero attached hydrogens (tertiary/aromatic N) is 2. The molecule has 1 aromatic heterocycles. The standard InChI is InChI=1S/C31H31FN4O6/c1-39-27-8-6-19-7-9-29(37)33-16-20-12-21(32)15-22(13-20)41-26-10-11-36(31-35-23-4-2-3-5-25(23)42-31)17-24(26)34-30(38)18-40-28(27)14-19/h2-6,8,12-15,24,26H,7,9-11,16-18H2,1H3,(H,33,37)(H,34,38)/t24-,26-/m1/s1. The van der Waals surface area contributed by atoms with Crippen LogP contribution in [-0.2, 0) is 22.6 Å². The van der Waals surface area contributed by atoms with E-state index in [2.05, 4.69) is 15.6 Å². The third kappa shape index (κ3) is 6.24. The highest BCUT2D eigenvalue weighted by atomic mass is 19.1. The summed E-state index contributed by atoms with van der Waals surface area (Å²) >= 11 is 0. The highest BCUT2D eigenvalue weighted by Gasteiger charge is 2.34. The number of hydrogen-bond acceptors (Lipinski definition) is 8. The molecule has 0 radical (unpaired) electrons. The van der Waals surface area contributed by atoms with Crippen LogP contribution in [0.2, 0.25) is 0 Å². The van der Waals surface area contributed by atoms with Crippen LogP contribution < -0.4 is 29.7 Å². The number of fused-ring (bicyclic) bond motifs is 6. The quantitative estimate of drug-likeness (QED) is 0.372. The van der Waals surface area contributed by atoms with Crippen LogP contribution in [0.25, 0.3) is 11.1 Å². The third-order valence-corrected chi connectivity index (χ3v) is 7.38. The van der Waals surface area contributed by atoms with E-state index in [-0.39, 0.29) is 31.4 Å². The molecule has 2 aliphatic rings. The first-order valence-electron chi connectivity index (χ1n) is 13.9. The average molecular weight is 575 g/mol. The number of aromatic nitrogens is 1. The maximum absolute atomic E-state index is 14.6. The number of anilines is 1. The van der Waals surface area contributed by atoms with E-state index in [0.29, 0.717) is 60.3 Å². The van der Waals surface area contributed by atoms with Gasteiger partial charge >= 0.3 is 0 Å². The number of hydrogen-bond donors (Lipinski definition) is 2. The molecule has 0 aliphatic carbocycles. The van der Waals surface area contributed by atoms with Crippen LogP contribution in [0.4, 0.5) is 10.4 Å². The summed E-state index contributed by atoms with van der Waals surface area (Å²) in [7, 11) is 1.52. The molecule has 4 bridgehead atoms. The first kappa shape index (κ1) is 27.4. The molecule has 1 fully saturated rings. The number of carbonyl (C=O) groups is 2. The van der Waals surface area contributed by atoms with Gasteiger partial charge in [0.15, 0.2) is 23.7 Å². The lowest BCUT2D eigenvalue weighted by molar-refractivity contribution is -0.124. The summed E-state index contributed by atoms with van der Waals surface area (Å²) in [5.74, 6) is 0.187. The van der Waals surface area contributed by atoms with Gasteiger partial charge in [0.25, 0.3) is 11.9 Å². The largest absolute Gasteiger partial charge is 0.493 e. The SMILES string of the molecule is COc1ccc2cc1OCC(=O)N[C@@H]1CN(c3nc4ccccc4o3)CC[C@H]1Oc1cc(F)cc(c1)CNC(=O)CC2. The molecule has 2 N–H and O–H groups in total. The van der Waals surface area contributed by atoms with E-state index in [0.717, 1.165) is 11.1 Å². The number of oxazole rings is 1. The Kier molecular flexibility index (Phi) is 7.81. The van der Waals surface area contributed by atoms with Gasteiger partial charge in [-0.2, -0.15) is 4.98 Å². The smallest absolute Gasteiger partial charge is 0.298 e. The number of ether oxygens (including phenoxy) is 3. The minimum atomic E-state index is -0.497. The van der Waals surface area contributed by atoms with Crippen molar-refractivity contribution in [1.82, 2.24) is 15.6 Å². The van der Waals surface area contributed by atoms with E-state index in [9.17, 15) is 14.0 Å². The summed E-state index contributed by atoms with van der Waals surface area (Å²) in [5.41, 5.74) is 2.83. The van der Waals surface area contributed by atoms with Crippen molar-refractivity contribution in [3.05, 3.63) is 77.6 Å².